The normalized spacial score (nSPS) is 10.4. The first-order valence-corrected chi connectivity index (χ1v) is 7.26. The highest BCUT2D eigenvalue weighted by Crippen LogP contribution is 2.12. The second-order valence-corrected chi connectivity index (χ2v) is 5.25. The van der Waals surface area contributed by atoms with E-state index in [4.69, 9.17) is 0 Å². The van der Waals surface area contributed by atoms with Gasteiger partial charge in [-0.2, -0.15) is 0 Å². The first-order valence-electron chi connectivity index (χ1n) is 6.14. The molecule has 4 heteroatoms. The van der Waals surface area contributed by atoms with Crippen LogP contribution in [0.25, 0.3) is 0 Å². The molecule has 2 nitrogen and oxygen atoms in total. The highest BCUT2D eigenvalue weighted by Gasteiger charge is 2.15. The van der Waals surface area contributed by atoms with Gasteiger partial charge in [-0.3, -0.25) is 4.79 Å². The standard InChI is InChI=1S/C14H19BrFNO/c1-11-6-7-12(13(16)10-11)14(18)17(2)9-5-3-4-8-15/h6-7,10H,3-5,8-9H2,1-2H3. The van der Waals surface area contributed by atoms with Crippen molar-refractivity contribution in [2.45, 2.75) is 26.2 Å². The molecular weight excluding hydrogens is 297 g/mol. The van der Waals surface area contributed by atoms with Crippen LogP contribution in [0.3, 0.4) is 0 Å². The lowest BCUT2D eigenvalue weighted by Crippen LogP contribution is -2.28. The Balaban J connectivity index is 2.57. The summed E-state index contributed by atoms with van der Waals surface area (Å²) < 4.78 is 13.7. The zero-order valence-corrected chi connectivity index (χ0v) is 12.5. The molecule has 0 aliphatic carbocycles. The molecule has 1 rings (SSSR count). The van der Waals surface area contributed by atoms with Crippen LogP contribution in [0.1, 0.15) is 35.2 Å². The lowest BCUT2D eigenvalue weighted by molar-refractivity contribution is 0.0788. The molecule has 0 aromatic heterocycles. The van der Waals surface area contributed by atoms with Crippen LogP contribution in [-0.4, -0.2) is 29.7 Å². The molecule has 0 aliphatic heterocycles. The molecule has 1 aromatic carbocycles. The summed E-state index contributed by atoms with van der Waals surface area (Å²) in [7, 11) is 1.72. The van der Waals surface area contributed by atoms with Crippen LogP contribution in [0, 0.1) is 12.7 Å². The van der Waals surface area contributed by atoms with E-state index in [1.165, 1.54) is 6.07 Å². The first kappa shape index (κ1) is 15.2. The fraction of sp³-hybridized carbons (Fsp3) is 0.500. The second-order valence-electron chi connectivity index (χ2n) is 4.46. The Morgan fingerprint density at radius 2 is 2.06 bits per heavy atom. The number of amides is 1. The molecule has 18 heavy (non-hydrogen) atoms. The molecule has 0 N–H and O–H groups in total. The summed E-state index contributed by atoms with van der Waals surface area (Å²) >= 11 is 3.37. The van der Waals surface area contributed by atoms with Crippen molar-refractivity contribution in [1.82, 2.24) is 4.90 Å². The summed E-state index contributed by atoms with van der Waals surface area (Å²) in [5.74, 6) is -0.682. The van der Waals surface area contributed by atoms with E-state index in [0.717, 1.165) is 30.2 Å². The third-order valence-corrected chi connectivity index (χ3v) is 3.39. The van der Waals surface area contributed by atoms with Gasteiger partial charge < -0.3 is 4.90 Å². The van der Waals surface area contributed by atoms with Crippen molar-refractivity contribution >= 4 is 21.8 Å². The Labute approximate surface area is 116 Å². The maximum absolute atomic E-state index is 13.7. The van der Waals surface area contributed by atoms with Gasteiger partial charge in [0, 0.05) is 18.9 Å². The summed E-state index contributed by atoms with van der Waals surface area (Å²) in [5.41, 5.74) is 0.979. The SMILES string of the molecule is Cc1ccc(C(=O)N(C)CCCCCBr)c(F)c1. The molecule has 0 heterocycles. The van der Waals surface area contributed by atoms with Gasteiger partial charge in [-0.25, -0.2) is 4.39 Å². The molecule has 0 unspecified atom stereocenters. The van der Waals surface area contributed by atoms with Crippen LogP contribution >= 0.6 is 15.9 Å². The second kappa shape index (κ2) is 7.52. The molecule has 1 aromatic rings. The number of alkyl halides is 1. The lowest BCUT2D eigenvalue weighted by Gasteiger charge is -2.17. The van der Waals surface area contributed by atoms with Crippen molar-refractivity contribution in [2.24, 2.45) is 0 Å². The molecule has 0 aliphatic rings. The van der Waals surface area contributed by atoms with Gasteiger partial charge in [0.15, 0.2) is 0 Å². The summed E-state index contributed by atoms with van der Waals surface area (Å²) in [5, 5.41) is 0.983. The smallest absolute Gasteiger partial charge is 0.256 e. The Morgan fingerprint density at radius 1 is 1.33 bits per heavy atom. The number of carbonyl (C=O) groups is 1. The van der Waals surface area contributed by atoms with E-state index in [1.807, 2.05) is 0 Å². The molecule has 0 radical (unpaired) electrons. The van der Waals surface area contributed by atoms with Gasteiger partial charge in [-0.05, 0) is 37.5 Å². The largest absolute Gasteiger partial charge is 0.342 e. The Kier molecular flexibility index (Phi) is 6.33. The summed E-state index contributed by atoms with van der Waals surface area (Å²) in [6.45, 7) is 2.47. The number of halogens is 2. The quantitative estimate of drug-likeness (QED) is 0.578. The number of rotatable bonds is 6. The predicted molar refractivity (Wildman–Crippen MR) is 75.7 cm³/mol. The molecule has 0 fully saturated rings. The number of hydrogen-bond donors (Lipinski definition) is 0. The third kappa shape index (κ3) is 4.41. The minimum atomic E-state index is -0.438. The molecule has 0 bridgehead atoms. The van der Waals surface area contributed by atoms with Crippen molar-refractivity contribution in [3.63, 3.8) is 0 Å². The Hall–Kier alpha value is -0.900. The molecule has 0 spiro atoms. The van der Waals surface area contributed by atoms with Gasteiger partial charge in [0.2, 0.25) is 0 Å². The van der Waals surface area contributed by atoms with E-state index in [2.05, 4.69) is 15.9 Å². The average molecular weight is 316 g/mol. The Morgan fingerprint density at radius 3 is 2.67 bits per heavy atom. The van der Waals surface area contributed by atoms with Crippen molar-refractivity contribution in [1.29, 1.82) is 0 Å². The van der Waals surface area contributed by atoms with Crippen LogP contribution in [0.5, 0.6) is 0 Å². The molecule has 100 valence electrons. The monoisotopic (exact) mass is 315 g/mol. The molecule has 1 amide bonds. The Bertz CT molecular complexity index is 409. The van der Waals surface area contributed by atoms with Crippen molar-refractivity contribution in [2.75, 3.05) is 18.9 Å². The summed E-state index contributed by atoms with van der Waals surface area (Å²) in [6, 6.07) is 4.71. The zero-order chi connectivity index (χ0) is 13.5. The highest BCUT2D eigenvalue weighted by atomic mass is 79.9. The van der Waals surface area contributed by atoms with Crippen molar-refractivity contribution in [3.05, 3.63) is 35.1 Å². The summed E-state index contributed by atoms with van der Waals surface area (Å²) in [6.07, 6.45) is 3.11. The minimum Gasteiger partial charge on any atom is -0.342 e. The summed E-state index contributed by atoms with van der Waals surface area (Å²) in [4.78, 5) is 13.6. The molecule has 0 saturated carbocycles. The van der Waals surface area contributed by atoms with Gasteiger partial charge in [0.25, 0.3) is 5.91 Å². The van der Waals surface area contributed by atoms with Crippen LogP contribution in [-0.2, 0) is 0 Å². The van der Waals surface area contributed by atoms with Gasteiger partial charge in [-0.1, -0.05) is 28.4 Å². The van der Waals surface area contributed by atoms with Crippen molar-refractivity contribution in [3.8, 4) is 0 Å². The number of unbranched alkanes of at least 4 members (excludes halogenated alkanes) is 2. The van der Waals surface area contributed by atoms with Crippen LogP contribution in [0.15, 0.2) is 18.2 Å². The number of nitrogens with zero attached hydrogens (tertiary/aromatic N) is 1. The topological polar surface area (TPSA) is 20.3 Å². The number of aryl methyl sites for hydroxylation is 1. The maximum atomic E-state index is 13.7. The fourth-order valence-corrected chi connectivity index (χ4v) is 2.12. The number of carbonyl (C=O) groups excluding carboxylic acids is 1. The molecular formula is C14H19BrFNO. The maximum Gasteiger partial charge on any atom is 0.256 e. The average Bonchev–Trinajstić information content (AvgIpc) is 2.33. The highest BCUT2D eigenvalue weighted by molar-refractivity contribution is 9.09. The van der Waals surface area contributed by atoms with Gasteiger partial charge >= 0.3 is 0 Å². The minimum absolute atomic E-state index is 0.156. The van der Waals surface area contributed by atoms with E-state index in [1.54, 1.807) is 31.0 Å². The van der Waals surface area contributed by atoms with Crippen LogP contribution in [0.2, 0.25) is 0 Å². The van der Waals surface area contributed by atoms with E-state index >= 15 is 0 Å². The number of hydrogen-bond acceptors (Lipinski definition) is 1. The van der Waals surface area contributed by atoms with Gasteiger partial charge in [0.05, 0.1) is 5.56 Å². The first-order chi connectivity index (χ1) is 8.56. The molecule has 0 atom stereocenters. The van der Waals surface area contributed by atoms with E-state index in [-0.39, 0.29) is 11.5 Å². The van der Waals surface area contributed by atoms with Crippen molar-refractivity contribution < 1.29 is 9.18 Å². The third-order valence-electron chi connectivity index (χ3n) is 2.83. The van der Waals surface area contributed by atoms with E-state index in [0.29, 0.717) is 6.54 Å². The van der Waals surface area contributed by atoms with Crippen LogP contribution in [0.4, 0.5) is 4.39 Å². The zero-order valence-electron chi connectivity index (χ0n) is 10.9. The van der Waals surface area contributed by atoms with E-state index in [9.17, 15) is 9.18 Å². The number of benzene rings is 1. The van der Waals surface area contributed by atoms with E-state index < -0.39 is 5.82 Å². The van der Waals surface area contributed by atoms with Crippen LogP contribution < -0.4 is 0 Å². The van der Waals surface area contributed by atoms with Gasteiger partial charge in [0.1, 0.15) is 5.82 Å². The molecule has 0 saturated heterocycles. The van der Waals surface area contributed by atoms with Gasteiger partial charge in [-0.15, -0.1) is 0 Å². The lowest BCUT2D eigenvalue weighted by atomic mass is 10.1. The fourth-order valence-electron chi connectivity index (χ4n) is 1.72. The predicted octanol–water partition coefficient (Wildman–Crippen LogP) is 3.77.